The molecule has 0 aromatic heterocycles. The first-order valence-electron chi connectivity index (χ1n) is 7.86. The minimum Gasteiger partial charge on any atom is -0.396 e. The van der Waals surface area contributed by atoms with Gasteiger partial charge in [-0.05, 0) is 19.3 Å². The number of aliphatic hydroxyl groups excluding tert-OH is 3. The Bertz CT molecular complexity index is 156. The van der Waals surface area contributed by atoms with Crippen LogP contribution >= 0.6 is 0 Å². The van der Waals surface area contributed by atoms with Gasteiger partial charge in [-0.15, -0.1) is 0 Å². The van der Waals surface area contributed by atoms with Crippen LogP contribution in [0.1, 0.15) is 39.5 Å². The number of hydrogen-bond donors (Lipinski definition) is 3. The van der Waals surface area contributed by atoms with Gasteiger partial charge < -0.3 is 29.5 Å². The fourth-order valence-electron chi connectivity index (χ4n) is 1.22. The minimum absolute atomic E-state index is 0.101. The van der Waals surface area contributed by atoms with Gasteiger partial charge in [-0.2, -0.15) is 0 Å². The van der Waals surface area contributed by atoms with Crippen molar-refractivity contribution in [1.29, 1.82) is 0 Å². The normalized spacial score (nSPS) is 10.6. The number of ether oxygens (including phenoxy) is 3. The molecule has 0 saturated carbocycles. The van der Waals surface area contributed by atoms with E-state index < -0.39 is 0 Å². The lowest BCUT2D eigenvalue weighted by atomic mass is 10.4. The molecule has 21 heavy (non-hydrogen) atoms. The van der Waals surface area contributed by atoms with E-state index >= 15 is 0 Å². The highest BCUT2D eigenvalue weighted by Gasteiger charge is 2.09. The predicted octanol–water partition coefficient (Wildman–Crippen LogP) is 0.968. The highest BCUT2D eigenvalue weighted by Crippen LogP contribution is 1.98. The highest BCUT2D eigenvalue weighted by atomic mass is 16.6. The van der Waals surface area contributed by atoms with E-state index in [-0.39, 0.29) is 25.9 Å². The van der Waals surface area contributed by atoms with Crippen molar-refractivity contribution in [2.75, 3.05) is 52.9 Å². The summed E-state index contributed by atoms with van der Waals surface area (Å²) in [5, 5.41) is 25.9. The maximum Gasteiger partial charge on any atom is 0.104 e. The van der Waals surface area contributed by atoms with Crippen LogP contribution in [0.2, 0.25) is 0 Å². The maximum atomic E-state index is 8.67. The molecule has 0 heterocycles. The van der Waals surface area contributed by atoms with Crippen molar-refractivity contribution in [2.24, 2.45) is 0 Å². The summed E-state index contributed by atoms with van der Waals surface area (Å²) < 4.78 is 16.2. The first-order chi connectivity index (χ1) is 10.3. The summed E-state index contributed by atoms with van der Waals surface area (Å²) >= 11 is 0. The molecule has 0 atom stereocenters. The monoisotopic (exact) mass is 310 g/mol. The van der Waals surface area contributed by atoms with Gasteiger partial charge >= 0.3 is 0 Å². The predicted molar refractivity (Wildman–Crippen MR) is 82.5 cm³/mol. The second kappa shape index (κ2) is 22.0. The van der Waals surface area contributed by atoms with Crippen LogP contribution in [0.5, 0.6) is 0 Å². The lowest BCUT2D eigenvalue weighted by molar-refractivity contribution is -0.0644. The summed E-state index contributed by atoms with van der Waals surface area (Å²) in [6.45, 7) is 6.85. The van der Waals surface area contributed by atoms with Crippen molar-refractivity contribution in [2.45, 2.75) is 45.6 Å². The second-order valence-electron chi connectivity index (χ2n) is 4.58. The van der Waals surface area contributed by atoms with Crippen molar-refractivity contribution in [3.63, 3.8) is 0 Å². The third kappa shape index (κ3) is 22.2. The minimum atomic E-state index is -0.172. The quantitative estimate of drug-likeness (QED) is 0.414. The van der Waals surface area contributed by atoms with Crippen molar-refractivity contribution >= 4 is 0 Å². The molecule has 6 nitrogen and oxygen atoms in total. The average molecular weight is 310 g/mol. The van der Waals surface area contributed by atoms with Crippen LogP contribution < -0.4 is 0 Å². The Morgan fingerprint density at radius 1 is 0.714 bits per heavy atom. The molecule has 0 bridgehead atoms. The summed E-state index contributed by atoms with van der Waals surface area (Å²) in [7, 11) is 0. The molecule has 0 saturated heterocycles. The molecular weight excluding hydrogens is 276 g/mol. The standard InChI is InChI=1S/C12H26O6.C3H8/c13-4-1-7-16-10-12(18-9-3-6-15)11-17-8-2-5-14;1-3-2/h12-15H,1-11H2;3H2,1-2H3. The Morgan fingerprint density at radius 3 is 1.48 bits per heavy atom. The first kappa shape index (κ1) is 23.0. The molecule has 0 aliphatic rings. The summed E-state index contributed by atoms with van der Waals surface area (Å²) in [5.41, 5.74) is 0. The van der Waals surface area contributed by atoms with Gasteiger partial charge in [-0.25, -0.2) is 0 Å². The van der Waals surface area contributed by atoms with Gasteiger partial charge in [0.25, 0.3) is 0 Å². The maximum absolute atomic E-state index is 8.67. The van der Waals surface area contributed by atoms with Gasteiger partial charge in [0.1, 0.15) is 6.10 Å². The number of aliphatic hydroxyl groups is 3. The topological polar surface area (TPSA) is 88.4 Å². The van der Waals surface area contributed by atoms with E-state index in [0.29, 0.717) is 52.3 Å². The summed E-state index contributed by atoms with van der Waals surface area (Å²) in [4.78, 5) is 0. The molecule has 0 rings (SSSR count). The Hall–Kier alpha value is -0.240. The smallest absolute Gasteiger partial charge is 0.104 e. The first-order valence-corrected chi connectivity index (χ1v) is 7.86. The molecule has 0 aromatic carbocycles. The molecule has 0 aromatic rings. The summed E-state index contributed by atoms with van der Waals surface area (Å²) in [5.74, 6) is 0. The molecule has 0 spiro atoms. The van der Waals surface area contributed by atoms with Crippen LogP contribution in [0, 0.1) is 0 Å². The zero-order valence-corrected chi connectivity index (χ0v) is 13.6. The lowest BCUT2D eigenvalue weighted by Gasteiger charge is -2.18. The van der Waals surface area contributed by atoms with Gasteiger partial charge in [0.15, 0.2) is 0 Å². The Morgan fingerprint density at radius 2 is 1.10 bits per heavy atom. The molecule has 0 aliphatic carbocycles. The summed E-state index contributed by atoms with van der Waals surface area (Å²) in [6.07, 6.45) is 2.88. The second-order valence-corrected chi connectivity index (χ2v) is 4.58. The van der Waals surface area contributed by atoms with Crippen LogP contribution in [-0.2, 0) is 14.2 Å². The number of hydrogen-bond acceptors (Lipinski definition) is 6. The molecule has 130 valence electrons. The molecule has 0 unspecified atom stereocenters. The van der Waals surface area contributed by atoms with E-state index in [4.69, 9.17) is 29.5 Å². The van der Waals surface area contributed by atoms with Gasteiger partial charge in [-0.3, -0.25) is 0 Å². The lowest BCUT2D eigenvalue weighted by Crippen LogP contribution is -2.27. The van der Waals surface area contributed by atoms with Crippen molar-refractivity contribution < 1.29 is 29.5 Å². The zero-order chi connectivity index (χ0) is 16.2. The van der Waals surface area contributed by atoms with Crippen LogP contribution in [0.4, 0.5) is 0 Å². The van der Waals surface area contributed by atoms with E-state index in [1.807, 2.05) is 0 Å². The number of rotatable bonds is 14. The van der Waals surface area contributed by atoms with Crippen molar-refractivity contribution in [1.82, 2.24) is 0 Å². The molecule has 3 N–H and O–H groups in total. The molecule has 0 aliphatic heterocycles. The van der Waals surface area contributed by atoms with E-state index in [1.54, 1.807) is 0 Å². The molecule has 0 radical (unpaired) electrons. The van der Waals surface area contributed by atoms with E-state index in [9.17, 15) is 0 Å². The molecular formula is C15H34O6. The molecule has 0 fully saturated rings. The van der Waals surface area contributed by atoms with Gasteiger partial charge in [-0.1, -0.05) is 20.3 Å². The Labute approximate surface area is 129 Å². The van der Waals surface area contributed by atoms with Crippen molar-refractivity contribution in [3.05, 3.63) is 0 Å². The van der Waals surface area contributed by atoms with Gasteiger partial charge in [0.05, 0.1) is 13.2 Å². The van der Waals surface area contributed by atoms with Crippen LogP contribution in [0.25, 0.3) is 0 Å². The van der Waals surface area contributed by atoms with E-state index in [2.05, 4.69) is 13.8 Å². The fraction of sp³-hybridized carbons (Fsp3) is 1.00. The Kier molecular flexibility index (Phi) is 24.2. The molecule has 0 amide bonds. The third-order valence-corrected chi connectivity index (χ3v) is 2.16. The van der Waals surface area contributed by atoms with Crippen LogP contribution in [-0.4, -0.2) is 74.3 Å². The average Bonchev–Trinajstić information content (AvgIpc) is 2.48. The molecule has 6 heteroatoms. The Balaban J connectivity index is 0. The fourth-order valence-corrected chi connectivity index (χ4v) is 1.22. The van der Waals surface area contributed by atoms with E-state index in [1.165, 1.54) is 6.42 Å². The van der Waals surface area contributed by atoms with Crippen molar-refractivity contribution in [3.8, 4) is 0 Å². The van der Waals surface area contributed by atoms with Crippen LogP contribution in [0.3, 0.4) is 0 Å². The largest absolute Gasteiger partial charge is 0.396 e. The van der Waals surface area contributed by atoms with Gasteiger partial charge in [0.2, 0.25) is 0 Å². The van der Waals surface area contributed by atoms with Gasteiger partial charge in [0, 0.05) is 39.6 Å². The zero-order valence-electron chi connectivity index (χ0n) is 13.6. The third-order valence-electron chi connectivity index (χ3n) is 2.16. The summed E-state index contributed by atoms with van der Waals surface area (Å²) in [6, 6.07) is 0. The van der Waals surface area contributed by atoms with E-state index in [0.717, 1.165) is 0 Å². The SMILES string of the molecule is CCC.OCCCOCC(COCCCO)OCCCO. The van der Waals surface area contributed by atoms with Crippen LogP contribution in [0.15, 0.2) is 0 Å². The highest BCUT2D eigenvalue weighted by molar-refractivity contribution is 4.56.